The van der Waals surface area contributed by atoms with E-state index < -0.39 is 0 Å². The molecule has 146 valence electrons. The first-order valence-electron chi connectivity index (χ1n) is 8.95. The van der Waals surface area contributed by atoms with E-state index in [4.69, 9.17) is 18.9 Å². The molecule has 0 amide bonds. The van der Waals surface area contributed by atoms with Crippen LogP contribution < -0.4 is 18.9 Å². The molecule has 27 heavy (non-hydrogen) atoms. The van der Waals surface area contributed by atoms with E-state index in [1.807, 2.05) is 30.3 Å². The van der Waals surface area contributed by atoms with Gasteiger partial charge in [-0.05, 0) is 35.4 Å². The highest BCUT2D eigenvalue weighted by molar-refractivity contribution is 5.50. The molecule has 0 aromatic heterocycles. The van der Waals surface area contributed by atoms with E-state index in [9.17, 15) is 5.21 Å². The van der Waals surface area contributed by atoms with Crippen LogP contribution in [0.5, 0.6) is 23.0 Å². The van der Waals surface area contributed by atoms with E-state index in [1.165, 1.54) is 0 Å². The van der Waals surface area contributed by atoms with Gasteiger partial charge in [0.15, 0.2) is 23.0 Å². The van der Waals surface area contributed by atoms with Crippen molar-refractivity contribution in [3.8, 4) is 23.0 Å². The molecule has 3 rings (SSSR count). The van der Waals surface area contributed by atoms with Gasteiger partial charge in [-0.25, -0.2) is 0 Å². The molecule has 2 aromatic rings. The lowest BCUT2D eigenvalue weighted by Gasteiger charge is -2.49. The summed E-state index contributed by atoms with van der Waals surface area (Å²) in [4.78, 5) is 0. The largest absolute Gasteiger partial charge is 0.633 e. The normalized spacial score (nSPS) is 21.3. The van der Waals surface area contributed by atoms with Gasteiger partial charge in [0.05, 0.1) is 42.0 Å². The maximum atomic E-state index is 13.3. The molecule has 1 heterocycles. The minimum Gasteiger partial charge on any atom is -0.633 e. The van der Waals surface area contributed by atoms with Crippen LogP contribution in [0, 0.1) is 5.21 Å². The Kier molecular flexibility index (Phi) is 5.48. The van der Waals surface area contributed by atoms with Crippen molar-refractivity contribution in [1.29, 1.82) is 0 Å². The van der Waals surface area contributed by atoms with Crippen LogP contribution in [0.3, 0.4) is 0 Å². The lowest BCUT2D eigenvalue weighted by molar-refractivity contribution is -0.894. The number of fused-ring (bicyclic) bond motifs is 1. The lowest BCUT2D eigenvalue weighted by Crippen LogP contribution is -2.47. The number of hydrogen-bond acceptors (Lipinski definition) is 5. The number of rotatable bonds is 6. The minimum atomic E-state index is -0.323. The van der Waals surface area contributed by atoms with Gasteiger partial charge in [-0.2, -0.15) is 0 Å². The molecule has 0 saturated heterocycles. The molecule has 2 atom stereocenters. The molecule has 1 aliphatic rings. The number of methoxy groups -OCH3 is 4. The number of quaternary nitrogens is 1. The Hall–Kier alpha value is -2.44. The maximum Gasteiger partial charge on any atom is 0.161 e. The maximum absolute atomic E-state index is 13.3. The highest BCUT2D eigenvalue weighted by atomic mass is 16.5. The Balaban J connectivity index is 2.02. The van der Waals surface area contributed by atoms with E-state index >= 15 is 0 Å². The second kappa shape index (κ2) is 7.66. The van der Waals surface area contributed by atoms with E-state index in [2.05, 4.69) is 0 Å². The molecular weight excluding hydrogens is 346 g/mol. The quantitative estimate of drug-likeness (QED) is 0.573. The van der Waals surface area contributed by atoms with Gasteiger partial charge in [-0.15, -0.1) is 0 Å². The van der Waals surface area contributed by atoms with Crippen molar-refractivity contribution in [2.24, 2.45) is 0 Å². The number of likely N-dealkylation sites (N-methyl/N-ethyl adjacent to an activating group) is 1. The van der Waals surface area contributed by atoms with Crippen molar-refractivity contribution >= 4 is 0 Å². The first-order chi connectivity index (χ1) is 12.9. The zero-order valence-corrected chi connectivity index (χ0v) is 16.6. The molecule has 0 spiro atoms. The summed E-state index contributed by atoms with van der Waals surface area (Å²) in [5.41, 5.74) is 3.19. The van der Waals surface area contributed by atoms with Gasteiger partial charge in [-0.3, -0.25) is 0 Å². The molecule has 0 N–H and O–H groups in total. The van der Waals surface area contributed by atoms with Crippen LogP contribution in [-0.4, -0.2) is 46.7 Å². The van der Waals surface area contributed by atoms with Crippen LogP contribution >= 0.6 is 0 Å². The summed E-state index contributed by atoms with van der Waals surface area (Å²) in [7, 11) is 8.21. The molecule has 0 radical (unpaired) electrons. The molecule has 1 aliphatic heterocycles. The number of nitrogens with zero attached hydrogens (tertiary/aromatic N) is 1. The fraction of sp³-hybridized carbons (Fsp3) is 0.429. The molecule has 2 aromatic carbocycles. The van der Waals surface area contributed by atoms with E-state index in [0.717, 1.165) is 23.1 Å². The highest BCUT2D eigenvalue weighted by Gasteiger charge is 2.34. The van der Waals surface area contributed by atoms with Crippen LogP contribution in [0.4, 0.5) is 0 Å². The van der Waals surface area contributed by atoms with Crippen LogP contribution in [-0.2, 0) is 12.8 Å². The SMILES string of the molecule is COc1ccc(C[C@H]2c3cc(OC)c(OC)cc3CC[N+]2(C)[O-])cc1OC. The zero-order valence-electron chi connectivity index (χ0n) is 16.6. The number of benzene rings is 2. The third kappa shape index (κ3) is 3.68. The van der Waals surface area contributed by atoms with E-state index in [-0.39, 0.29) is 10.7 Å². The average molecular weight is 373 g/mol. The first-order valence-corrected chi connectivity index (χ1v) is 8.95. The Morgan fingerprint density at radius 3 is 2.11 bits per heavy atom. The summed E-state index contributed by atoms with van der Waals surface area (Å²) >= 11 is 0. The number of hydroxylamine groups is 3. The second-order valence-electron chi connectivity index (χ2n) is 6.96. The summed E-state index contributed by atoms with van der Waals surface area (Å²) in [5.74, 6) is 2.69. The van der Waals surface area contributed by atoms with Crippen molar-refractivity contribution in [3.63, 3.8) is 0 Å². The fourth-order valence-electron chi connectivity index (χ4n) is 3.79. The Labute approximate surface area is 160 Å². The van der Waals surface area contributed by atoms with Crippen molar-refractivity contribution in [3.05, 3.63) is 52.2 Å². The number of hydrogen-bond donors (Lipinski definition) is 0. The minimum absolute atomic E-state index is 0.230. The van der Waals surface area contributed by atoms with Gasteiger partial charge < -0.3 is 28.8 Å². The predicted molar refractivity (Wildman–Crippen MR) is 104 cm³/mol. The fourth-order valence-corrected chi connectivity index (χ4v) is 3.79. The average Bonchev–Trinajstić information content (AvgIpc) is 2.68. The highest BCUT2D eigenvalue weighted by Crippen LogP contribution is 2.42. The van der Waals surface area contributed by atoms with Gasteiger partial charge in [-0.1, -0.05) is 6.07 Å². The van der Waals surface area contributed by atoms with Gasteiger partial charge in [0, 0.05) is 18.4 Å². The Bertz CT molecular complexity index is 818. The molecule has 1 unspecified atom stereocenters. The van der Waals surface area contributed by atoms with E-state index in [0.29, 0.717) is 36.0 Å². The Morgan fingerprint density at radius 2 is 1.48 bits per heavy atom. The standard InChI is InChI=1S/C21H27NO5/c1-22(23)9-8-15-12-20(26-4)21(27-5)13-16(15)17(22)10-14-6-7-18(24-2)19(11-14)25-3/h6-7,11-13,17H,8-10H2,1-5H3/t17-,22?/m0/s1. The summed E-state index contributed by atoms with van der Waals surface area (Å²) < 4.78 is 21.3. The van der Waals surface area contributed by atoms with Gasteiger partial charge in [0.1, 0.15) is 6.04 Å². The molecular formula is C21H27NO5. The molecule has 0 fully saturated rings. The molecule has 0 bridgehead atoms. The zero-order chi connectivity index (χ0) is 19.6. The van der Waals surface area contributed by atoms with Crippen molar-refractivity contribution in [2.45, 2.75) is 18.9 Å². The number of ether oxygens (including phenoxy) is 4. The predicted octanol–water partition coefficient (Wildman–Crippen LogP) is 3.51. The van der Waals surface area contributed by atoms with Crippen molar-refractivity contribution in [1.82, 2.24) is 0 Å². The summed E-state index contributed by atoms with van der Waals surface area (Å²) in [5, 5.41) is 13.3. The smallest absolute Gasteiger partial charge is 0.161 e. The lowest BCUT2D eigenvalue weighted by atomic mass is 9.88. The molecule has 0 saturated carbocycles. The molecule has 0 aliphatic carbocycles. The Morgan fingerprint density at radius 1 is 0.889 bits per heavy atom. The third-order valence-electron chi connectivity index (χ3n) is 5.37. The van der Waals surface area contributed by atoms with E-state index in [1.54, 1.807) is 35.5 Å². The summed E-state index contributed by atoms with van der Waals surface area (Å²) in [6, 6.07) is 9.51. The monoisotopic (exact) mass is 373 g/mol. The third-order valence-corrected chi connectivity index (χ3v) is 5.37. The summed E-state index contributed by atoms with van der Waals surface area (Å²) in [6.45, 7) is 0.528. The van der Waals surface area contributed by atoms with Crippen molar-refractivity contribution < 1.29 is 23.6 Å². The van der Waals surface area contributed by atoms with Crippen LogP contribution in [0.15, 0.2) is 30.3 Å². The molecule has 6 heteroatoms. The second-order valence-corrected chi connectivity index (χ2v) is 6.96. The first kappa shape index (κ1) is 19.3. The van der Waals surface area contributed by atoms with Crippen molar-refractivity contribution in [2.75, 3.05) is 42.0 Å². The topological polar surface area (TPSA) is 60.0 Å². The van der Waals surface area contributed by atoms with Crippen LogP contribution in [0.25, 0.3) is 0 Å². The van der Waals surface area contributed by atoms with Crippen LogP contribution in [0.2, 0.25) is 0 Å². The van der Waals surface area contributed by atoms with Crippen LogP contribution in [0.1, 0.15) is 22.7 Å². The van der Waals surface area contributed by atoms with Gasteiger partial charge in [0.25, 0.3) is 0 Å². The van der Waals surface area contributed by atoms with Gasteiger partial charge in [0.2, 0.25) is 0 Å². The molecule has 6 nitrogen and oxygen atoms in total. The summed E-state index contributed by atoms with van der Waals surface area (Å²) in [6.07, 6.45) is 1.32. The van der Waals surface area contributed by atoms with Gasteiger partial charge >= 0.3 is 0 Å².